The largest absolute Gasteiger partial charge is 0.434 e. The van der Waals surface area contributed by atoms with Crippen molar-refractivity contribution < 1.29 is 22.4 Å². The minimum atomic E-state index is -3.10. The molecule has 2 aromatic heterocycles. The number of imidazole rings is 1. The molecule has 120 valence electrons. The van der Waals surface area contributed by atoms with Gasteiger partial charge in [0.05, 0.1) is 11.3 Å². The lowest BCUT2D eigenvalue weighted by Crippen LogP contribution is -2.03. The number of nitrogens with one attached hydrogen (secondary N) is 1. The molecule has 0 saturated heterocycles. The fraction of sp³-hybridized carbons (Fsp3) is 0.214. The fourth-order valence-corrected chi connectivity index (χ4v) is 1.95. The Kier molecular flexibility index (Phi) is 3.77. The Morgan fingerprint density at radius 2 is 2.00 bits per heavy atom. The van der Waals surface area contributed by atoms with Crippen LogP contribution in [0.5, 0.6) is 5.75 Å². The van der Waals surface area contributed by atoms with Crippen molar-refractivity contribution in [2.45, 2.75) is 20.5 Å². The Morgan fingerprint density at radius 1 is 1.22 bits per heavy atom. The van der Waals surface area contributed by atoms with Crippen LogP contribution in [-0.2, 0) is 0 Å². The molecular formula is C14H11F3N4O2. The summed E-state index contributed by atoms with van der Waals surface area (Å²) in [4.78, 5) is 11.3. The molecule has 1 N–H and O–H groups in total. The molecule has 0 unspecified atom stereocenters. The van der Waals surface area contributed by atoms with Gasteiger partial charge in [0.25, 0.3) is 5.89 Å². The molecule has 0 radical (unpaired) electrons. The van der Waals surface area contributed by atoms with Crippen molar-refractivity contribution >= 4 is 0 Å². The van der Waals surface area contributed by atoms with E-state index in [0.29, 0.717) is 5.82 Å². The summed E-state index contributed by atoms with van der Waals surface area (Å²) < 4.78 is 47.4. The number of nitrogens with zero attached hydrogens (tertiary/aromatic N) is 3. The first kappa shape index (κ1) is 15.1. The molecule has 0 bridgehead atoms. The van der Waals surface area contributed by atoms with Gasteiger partial charge in [-0.3, -0.25) is 0 Å². The molecule has 0 amide bonds. The molecule has 0 fully saturated rings. The normalized spacial score (nSPS) is 11.2. The van der Waals surface area contributed by atoms with Gasteiger partial charge in [-0.05, 0) is 26.0 Å². The summed E-state index contributed by atoms with van der Waals surface area (Å²) in [5.41, 5.74) is 1.68. The first-order chi connectivity index (χ1) is 10.9. The van der Waals surface area contributed by atoms with Crippen LogP contribution in [0.15, 0.2) is 22.7 Å². The number of aryl methyl sites for hydroxylation is 2. The monoisotopic (exact) mass is 324 g/mol. The number of alkyl halides is 2. The summed E-state index contributed by atoms with van der Waals surface area (Å²) in [6, 6.07) is 3.13. The van der Waals surface area contributed by atoms with E-state index in [1.165, 1.54) is 6.07 Å². The number of aromatic amines is 1. The van der Waals surface area contributed by atoms with Crippen LogP contribution in [0.3, 0.4) is 0 Å². The van der Waals surface area contributed by atoms with Gasteiger partial charge in [-0.25, -0.2) is 9.37 Å². The molecule has 1 aromatic carbocycles. The highest BCUT2D eigenvalue weighted by Crippen LogP contribution is 2.31. The Morgan fingerprint density at radius 3 is 2.65 bits per heavy atom. The smallest absolute Gasteiger partial charge is 0.387 e. The summed E-state index contributed by atoms with van der Waals surface area (Å²) in [7, 11) is 0. The number of halogens is 3. The Labute approximate surface area is 128 Å². The third kappa shape index (κ3) is 3.03. The van der Waals surface area contributed by atoms with Crippen LogP contribution in [0, 0.1) is 19.7 Å². The van der Waals surface area contributed by atoms with Crippen LogP contribution >= 0.6 is 0 Å². The van der Waals surface area contributed by atoms with Crippen molar-refractivity contribution in [2.24, 2.45) is 0 Å². The summed E-state index contributed by atoms with van der Waals surface area (Å²) in [6.07, 6.45) is 0. The molecule has 0 aliphatic carbocycles. The van der Waals surface area contributed by atoms with Crippen LogP contribution in [-0.4, -0.2) is 26.7 Å². The van der Waals surface area contributed by atoms with Crippen molar-refractivity contribution in [2.75, 3.05) is 0 Å². The second kappa shape index (κ2) is 5.75. The third-order valence-electron chi connectivity index (χ3n) is 3.16. The number of rotatable bonds is 4. The van der Waals surface area contributed by atoms with E-state index in [-0.39, 0.29) is 23.0 Å². The van der Waals surface area contributed by atoms with Crippen molar-refractivity contribution in [3.8, 4) is 28.9 Å². The predicted octanol–water partition coefficient (Wildman–Crippen LogP) is 3.48. The molecule has 3 rings (SSSR count). The van der Waals surface area contributed by atoms with Gasteiger partial charge in [0.1, 0.15) is 11.6 Å². The lowest BCUT2D eigenvalue weighted by Gasteiger charge is -2.07. The summed E-state index contributed by atoms with van der Waals surface area (Å²) >= 11 is 0. The van der Waals surface area contributed by atoms with Gasteiger partial charge in [0.15, 0.2) is 5.82 Å². The number of hydrogen-bond donors (Lipinski definition) is 1. The van der Waals surface area contributed by atoms with Gasteiger partial charge in [-0.1, -0.05) is 5.16 Å². The Balaban J connectivity index is 2.00. The number of ether oxygens (including phenoxy) is 1. The number of aromatic nitrogens is 4. The maximum Gasteiger partial charge on any atom is 0.387 e. The lowest BCUT2D eigenvalue weighted by atomic mass is 10.2. The summed E-state index contributed by atoms with van der Waals surface area (Å²) in [5, 5.41) is 3.74. The topological polar surface area (TPSA) is 76.8 Å². The van der Waals surface area contributed by atoms with Crippen molar-refractivity contribution in [3.63, 3.8) is 0 Å². The molecule has 0 aliphatic heterocycles. The van der Waals surface area contributed by atoms with Crippen LogP contribution in [0.1, 0.15) is 11.4 Å². The van der Waals surface area contributed by atoms with E-state index in [0.717, 1.165) is 23.5 Å². The first-order valence-electron chi connectivity index (χ1n) is 6.56. The standard InChI is InChI=1S/C14H11F3N4O2/c1-6-7(2)19-11(18-6)12-20-13(23-21-12)9-4-3-8(15)5-10(9)22-14(16)17/h3-5,14H,1-2H3,(H,18,19). The summed E-state index contributed by atoms with van der Waals surface area (Å²) in [5.74, 6) is -0.650. The number of hydrogen-bond acceptors (Lipinski definition) is 5. The Hall–Kier alpha value is -2.84. The zero-order chi connectivity index (χ0) is 16.6. The van der Waals surface area contributed by atoms with E-state index in [2.05, 4.69) is 24.8 Å². The molecule has 2 heterocycles. The average Bonchev–Trinajstić information content (AvgIpc) is 3.06. The molecule has 0 aliphatic rings. The van der Waals surface area contributed by atoms with E-state index < -0.39 is 12.4 Å². The molecule has 0 atom stereocenters. The lowest BCUT2D eigenvalue weighted by molar-refractivity contribution is -0.0496. The Bertz CT molecular complexity index is 825. The second-order valence-electron chi connectivity index (χ2n) is 4.74. The zero-order valence-electron chi connectivity index (χ0n) is 12.1. The average molecular weight is 324 g/mol. The van der Waals surface area contributed by atoms with Crippen LogP contribution in [0.4, 0.5) is 13.2 Å². The van der Waals surface area contributed by atoms with Crippen LogP contribution < -0.4 is 4.74 Å². The van der Waals surface area contributed by atoms with Gasteiger partial charge >= 0.3 is 6.61 Å². The predicted molar refractivity (Wildman–Crippen MR) is 73.4 cm³/mol. The van der Waals surface area contributed by atoms with E-state index in [9.17, 15) is 13.2 Å². The van der Waals surface area contributed by atoms with Crippen LogP contribution in [0.25, 0.3) is 23.1 Å². The zero-order valence-corrected chi connectivity index (χ0v) is 12.1. The van der Waals surface area contributed by atoms with Crippen LogP contribution in [0.2, 0.25) is 0 Å². The van der Waals surface area contributed by atoms with E-state index >= 15 is 0 Å². The highest BCUT2D eigenvalue weighted by molar-refractivity contribution is 5.64. The maximum absolute atomic E-state index is 13.2. The fourth-order valence-electron chi connectivity index (χ4n) is 1.95. The molecule has 6 nitrogen and oxygen atoms in total. The van der Waals surface area contributed by atoms with Gasteiger partial charge in [0, 0.05) is 11.8 Å². The molecular weight excluding hydrogens is 313 g/mol. The second-order valence-corrected chi connectivity index (χ2v) is 4.74. The molecule has 23 heavy (non-hydrogen) atoms. The molecule has 9 heteroatoms. The number of benzene rings is 1. The highest BCUT2D eigenvalue weighted by atomic mass is 19.3. The quantitative estimate of drug-likeness (QED) is 0.795. The van der Waals surface area contributed by atoms with E-state index in [1.807, 2.05) is 13.8 Å². The number of H-pyrrole nitrogens is 1. The summed E-state index contributed by atoms with van der Waals surface area (Å²) in [6.45, 7) is 0.542. The minimum absolute atomic E-state index is 0.0606. The molecule has 3 aromatic rings. The minimum Gasteiger partial charge on any atom is -0.434 e. The van der Waals surface area contributed by atoms with Crippen molar-refractivity contribution in [1.82, 2.24) is 20.1 Å². The van der Waals surface area contributed by atoms with E-state index in [1.54, 1.807) is 0 Å². The highest BCUT2D eigenvalue weighted by Gasteiger charge is 2.19. The van der Waals surface area contributed by atoms with Gasteiger partial charge in [0.2, 0.25) is 5.82 Å². The van der Waals surface area contributed by atoms with Gasteiger partial charge < -0.3 is 14.2 Å². The molecule has 0 spiro atoms. The van der Waals surface area contributed by atoms with Gasteiger partial charge in [-0.15, -0.1) is 0 Å². The molecule has 0 saturated carbocycles. The van der Waals surface area contributed by atoms with E-state index in [4.69, 9.17) is 4.52 Å². The van der Waals surface area contributed by atoms with Crippen molar-refractivity contribution in [1.29, 1.82) is 0 Å². The van der Waals surface area contributed by atoms with Gasteiger partial charge in [-0.2, -0.15) is 13.8 Å². The van der Waals surface area contributed by atoms with Crippen molar-refractivity contribution in [3.05, 3.63) is 35.4 Å². The SMILES string of the molecule is Cc1nc(-c2noc(-c3ccc(F)cc3OC(F)F)n2)[nH]c1C. The third-order valence-corrected chi connectivity index (χ3v) is 3.16. The first-order valence-corrected chi connectivity index (χ1v) is 6.56. The maximum atomic E-state index is 13.2.